The number of unbranched alkanes of at least 4 members (excludes halogenated alkanes) is 1. The van der Waals surface area contributed by atoms with Gasteiger partial charge < -0.3 is 4.74 Å². The van der Waals surface area contributed by atoms with Crippen LogP contribution in [0, 0.1) is 5.82 Å². The maximum absolute atomic E-state index is 14.7. The fraction of sp³-hybridized carbons (Fsp3) is 0.217. The predicted octanol–water partition coefficient (Wildman–Crippen LogP) is 7.10. The van der Waals surface area contributed by atoms with Crippen LogP contribution in [0.5, 0.6) is 5.75 Å². The van der Waals surface area contributed by atoms with Gasteiger partial charge in [0, 0.05) is 5.56 Å². The van der Waals surface area contributed by atoms with E-state index in [1.807, 2.05) is 30.3 Å². The molecule has 0 amide bonds. The Hall–Kier alpha value is -2.75. The van der Waals surface area contributed by atoms with Gasteiger partial charge in [-0.2, -0.15) is 8.78 Å². The number of hydrogen-bond acceptors (Lipinski definition) is 1. The first kappa shape index (κ1) is 19.0. The summed E-state index contributed by atoms with van der Waals surface area (Å²) in [5.74, 6) is -0.240. The zero-order valence-corrected chi connectivity index (χ0v) is 15.1. The van der Waals surface area contributed by atoms with Crippen molar-refractivity contribution in [2.45, 2.75) is 32.8 Å². The molecule has 0 radical (unpaired) electrons. The summed E-state index contributed by atoms with van der Waals surface area (Å²) >= 11 is 0. The van der Waals surface area contributed by atoms with Gasteiger partial charge >= 0.3 is 6.61 Å². The molecule has 0 spiro atoms. The van der Waals surface area contributed by atoms with Crippen molar-refractivity contribution in [3.05, 3.63) is 78.1 Å². The molecule has 0 aliphatic heterocycles. The molecule has 0 saturated carbocycles. The largest absolute Gasteiger partial charge is 0.435 e. The van der Waals surface area contributed by atoms with Gasteiger partial charge in [-0.1, -0.05) is 61.9 Å². The lowest BCUT2D eigenvalue weighted by atomic mass is 9.98. The van der Waals surface area contributed by atoms with Gasteiger partial charge in [-0.25, -0.2) is 4.39 Å². The second kappa shape index (κ2) is 8.76. The molecule has 0 fully saturated rings. The van der Waals surface area contributed by atoms with Crippen molar-refractivity contribution in [1.82, 2.24) is 0 Å². The van der Waals surface area contributed by atoms with Gasteiger partial charge in [-0.05, 0) is 53.3 Å². The molecule has 3 aromatic carbocycles. The fourth-order valence-corrected chi connectivity index (χ4v) is 2.99. The monoisotopic (exact) mass is 370 g/mol. The Morgan fingerprint density at radius 1 is 0.815 bits per heavy atom. The SMILES string of the molecule is CCCCc1ccc(-c2ccc(-c3ccc(OC(F)F)cc3)cc2F)cc1. The highest BCUT2D eigenvalue weighted by atomic mass is 19.3. The Morgan fingerprint density at radius 3 is 2.04 bits per heavy atom. The first-order valence-electron chi connectivity index (χ1n) is 9.01. The molecular formula is C23H21F3O. The third-order valence-electron chi connectivity index (χ3n) is 4.47. The molecule has 0 aromatic heterocycles. The Morgan fingerprint density at radius 2 is 1.44 bits per heavy atom. The third kappa shape index (κ3) is 4.91. The highest BCUT2D eigenvalue weighted by molar-refractivity contribution is 5.71. The zero-order chi connectivity index (χ0) is 19.2. The highest BCUT2D eigenvalue weighted by Crippen LogP contribution is 2.29. The number of ether oxygens (including phenoxy) is 1. The Bertz CT molecular complexity index is 871. The summed E-state index contributed by atoms with van der Waals surface area (Å²) in [7, 11) is 0. The summed E-state index contributed by atoms with van der Waals surface area (Å²) in [6.07, 6.45) is 3.32. The van der Waals surface area contributed by atoms with Crippen LogP contribution in [0.2, 0.25) is 0 Å². The van der Waals surface area contributed by atoms with Crippen molar-refractivity contribution < 1.29 is 17.9 Å². The number of aryl methyl sites for hydroxylation is 1. The maximum atomic E-state index is 14.7. The molecule has 3 rings (SSSR count). The fourth-order valence-electron chi connectivity index (χ4n) is 2.99. The van der Waals surface area contributed by atoms with E-state index in [2.05, 4.69) is 11.7 Å². The van der Waals surface area contributed by atoms with E-state index in [4.69, 9.17) is 0 Å². The van der Waals surface area contributed by atoms with Gasteiger partial charge in [0.15, 0.2) is 0 Å². The molecule has 0 heterocycles. The average Bonchev–Trinajstić information content (AvgIpc) is 2.67. The normalized spacial score (nSPS) is 11.0. The van der Waals surface area contributed by atoms with E-state index in [9.17, 15) is 13.2 Å². The summed E-state index contributed by atoms with van der Waals surface area (Å²) < 4.78 is 43.4. The number of hydrogen-bond donors (Lipinski definition) is 0. The van der Waals surface area contributed by atoms with E-state index in [1.165, 1.54) is 23.8 Å². The van der Waals surface area contributed by atoms with E-state index in [1.54, 1.807) is 18.2 Å². The number of rotatable bonds is 7. The standard InChI is InChI=1S/C23H21F3O/c1-2-3-4-16-5-7-18(8-6-16)21-14-11-19(15-22(21)24)17-9-12-20(13-10-17)27-23(25)26/h5-15,23H,2-4H2,1H3. The topological polar surface area (TPSA) is 9.23 Å². The van der Waals surface area contributed by atoms with Crippen molar-refractivity contribution in [2.24, 2.45) is 0 Å². The van der Waals surface area contributed by atoms with E-state index < -0.39 is 6.61 Å². The minimum atomic E-state index is -2.86. The molecule has 4 heteroatoms. The molecule has 1 nitrogen and oxygen atoms in total. The second-order valence-corrected chi connectivity index (χ2v) is 6.40. The lowest BCUT2D eigenvalue weighted by Gasteiger charge is -2.09. The smallest absolute Gasteiger partial charge is 0.387 e. The number of benzene rings is 3. The van der Waals surface area contributed by atoms with Crippen LogP contribution < -0.4 is 4.74 Å². The van der Waals surface area contributed by atoms with Crippen LogP contribution >= 0.6 is 0 Å². The van der Waals surface area contributed by atoms with Gasteiger partial charge in [0.1, 0.15) is 11.6 Å². The Labute approximate surface area is 157 Å². The predicted molar refractivity (Wildman–Crippen MR) is 103 cm³/mol. The first-order chi connectivity index (χ1) is 13.1. The second-order valence-electron chi connectivity index (χ2n) is 6.40. The van der Waals surface area contributed by atoms with E-state index in [-0.39, 0.29) is 11.6 Å². The summed E-state index contributed by atoms with van der Waals surface area (Å²) in [6, 6.07) is 19.2. The third-order valence-corrected chi connectivity index (χ3v) is 4.47. The van der Waals surface area contributed by atoms with Gasteiger partial charge in [-0.3, -0.25) is 0 Å². The maximum Gasteiger partial charge on any atom is 0.387 e. The minimum Gasteiger partial charge on any atom is -0.435 e. The number of alkyl halides is 2. The average molecular weight is 370 g/mol. The van der Waals surface area contributed by atoms with Crippen LogP contribution in [0.1, 0.15) is 25.3 Å². The Kier molecular flexibility index (Phi) is 6.17. The number of halogens is 3. The summed E-state index contributed by atoms with van der Waals surface area (Å²) in [4.78, 5) is 0. The lowest BCUT2D eigenvalue weighted by Crippen LogP contribution is -2.01. The van der Waals surface area contributed by atoms with E-state index in [0.717, 1.165) is 30.4 Å². The van der Waals surface area contributed by atoms with Crippen LogP contribution in [0.3, 0.4) is 0 Å². The van der Waals surface area contributed by atoms with E-state index >= 15 is 0 Å². The van der Waals surface area contributed by atoms with Gasteiger partial charge in [0.05, 0.1) is 0 Å². The van der Waals surface area contributed by atoms with Crippen LogP contribution in [0.25, 0.3) is 22.3 Å². The van der Waals surface area contributed by atoms with Crippen LogP contribution in [0.4, 0.5) is 13.2 Å². The van der Waals surface area contributed by atoms with Crippen LogP contribution in [-0.2, 0) is 6.42 Å². The highest BCUT2D eigenvalue weighted by Gasteiger charge is 2.09. The lowest BCUT2D eigenvalue weighted by molar-refractivity contribution is -0.0498. The van der Waals surface area contributed by atoms with E-state index in [0.29, 0.717) is 11.1 Å². The molecule has 0 unspecified atom stereocenters. The molecule has 0 saturated heterocycles. The van der Waals surface area contributed by atoms with Gasteiger partial charge in [0.25, 0.3) is 0 Å². The molecule has 3 aromatic rings. The quantitative estimate of drug-likeness (QED) is 0.431. The zero-order valence-electron chi connectivity index (χ0n) is 15.1. The summed E-state index contributed by atoms with van der Waals surface area (Å²) in [5.41, 5.74) is 4.04. The molecule has 0 aliphatic rings. The van der Waals surface area contributed by atoms with Gasteiger partial charge in [-0.15, -0.1) is 0 Å². The molecule has 27 heavy (non-hydrogen) atoms. The molecular weight excluding hydrogens is 349 g/mol. The first-order valence-corrected chi connectivity index (χ1v) is 9.01. The molecule has 0 atom stereocenters. The molecule has 0 aliphatic carbocycles. The van der Waals surface area contributed by atoms with Crippen LogP contribution in [0.15, 0.2) is 66.7 Å². The van der Waals surface area contributed by atoms with Crippen molar-refractivity contribution >= 4 is 0 Å². The van der Waals surface area contributed by atoms with Gasteiger partial charge in [0.2, 0.25) is 0 Å². The van der Waals surface area contributed by atoms with Crippen LogP contribution in [-0.4, -0.2) is 6.61 Å². The summed E-state index contributed by atoms with van der Waals surface area (Å²) in [5, 5.41) is 0. The van der Waals surface area contributed by atoms with Crippen molar-refractivity contribution in [3.8, 4) is 28.0 Å². The van der Waals surface area contributed by atoms with Crippen molar-refractivity contribution in [1.29, 1.82) is 0 Å². The molecule has 140 valence electrons. The van der Waals surface area contributed by atoms with Crippen molar-refractivity contribution in [2.75, 3.05) is 0 Å². The van der Waals surface area contributed by atoms with Crippen molar-refractivity contribution in [3.63, 3.8) is 0 Å². The molecule has 0 bridgehead atoms. The Balaban J connectivity index is 1.79. The molecule has 0 N–H and O–H groups in total. The summed E-state index contributed by atoms with van der Waals surface area (Å²) in [6.45, 7) is -0.703. The minimum absolute atomic E-state index is 0.0778.